The van der Waals surface area contributed by atoms with Crippen molar-refractivity contribution in [3.8, 4) is 0 Å². The van der Waals surface area contributed by atoms with Crippen LogP contribution in [0.2, 0.25) is 0 Å². The van der Waals surface area contributed by atoms with Gasteiger partial charge in [0.25, 0.3) is 0 Å². The van der Waals surface area contributed by atoms with E-state index in [1.165, 1.54) is 37.2 Å². The van der Waals surface area contributed by atoms with Gasteiger partial charge in [0.1, 0.15) is 0 Å². The third-order valence-electron chi connectivity index (χ3n) is 5.20. The van der Waals surface area contributed by atoms with Gasteiger partial charge in [-0.2, -0.15) is 0 Å². The summed E-state index contributed by atoms with van der Waals surface area (Å²) in [5.41, 5.74) is 8.47. The lowest BCUT2D eigenvalue weighted by Gasteiger charge is -2.28. The van der Waals surface area contributed by atoms with Gasteiger partial charge in [-0.15, -0.1) is 0 Å². The van der Waals surface area contributed by atoms with Crippen molar-refractivity contribution in [3.63, 3.8) is 0 Å². The van der Waals surface area contributed by atoms with Crippen LogP contribution >= 0.6 is 22.6 Å². The zero-order chi connectivity index (χ0) is 20.9. The van der Waals surface area contributed by atoms with Gasteiger partial charge < -0.3 is 4.90 Å². The minimum absolute atomic E-state index is 1.16. The van der Waals surface area contributed by atoms with Crippen molar-refractivity contribution < 1.29 is 0 Å². The maximum atomic E-state index is 2.34. The number of anilines is 3. The van der Waals surface area contributed by atoms with Crippen LogP contribution in [0.3, 0.4) is 0 Å². The third kappa shape index (κ3) is 4.65. The number of para-hydroxylation sites is 2. The van der Waals surface area contributed by atoms with E-state index in [1.54, 1.807) is 0 Å². The van der Waals surface area contributed by atoms with Gasteiger partial charge in [-0.05, 0) is 95.1 Å². The Balaban J connectivity index is 1.69. The lowest BCUT2D eigenvalue weighted by molar-refractivity contribution is 1.22. The molecule has 4 rings (SSSR count). The Kier molecular flexibility index (Phi) is 6.34. The van der Waals surface area contributed by atoms with Crippen LogP contribution in [0.15, 0.2) is 97.1 Å². The molecule has 0 amide bonds. The summed E-state index contributed by atoms with van der Waals surface area (Å²) in [6.45, 7) is 4.33. The Morgan fingerprint density at radius 3 is 1.47 bits per heavy atom. The summed E-state index contributed by atoms with van der Waals surface area (Å²) in [6, 6.07) is 34.4. The highest BCUT2D eigenvalue weighted by Crippen LogP contribution is 2.38. The van der Waals surface area contributed by atoms with E-state index in [9.17, 15) is 0 Å². The molecule has 0 aliphatic rings. The average Bonchev–Trinajstić information content (AvgIpc) is 2.77. The highest BCUT2D eigenvalue weighted by atomic mass is 127. The topological polar surface area (TPSA) is 3.24 Å². The Morgan fingerprint density at radius 1 is 0.567 bits per heavy atom. The second kappa shape index (κ2) is 9.31. The van der Waals surface area contributed by atoms with Gasteiger partial charge in [0, 0.05) is 20.6 Å². The molecule has 0 heterocycles. The minimum atomic E-state index is 1.16. The van der Waals surface area contributed by atoms with Gasteiger partial charge in [0.2, 0.25) is 0 Å². The number of rotatable bonds is 5. The molecule has 0 unspecified atom stereocenters. The molecular formula is C28H24IN. The summed E-state index contributed by atoms with van der Waals surface area (Å²) in [4.78, 5) is 2.34. The fraction of sp³-hybridized carbons (Fsp3) is 0.0714. The second-order valence-corrected chi connectivity index (χ2v) is 8.63. The van der Waals surface area contributed by atoms with Crippen LogP contribution in [0.4, 0.5) is 17.1 Å². The first kappa shape index (κ1) is 20.4. The van der Waals surface area contributed by atoms with E-state index in [0.717, 1.165) is 5.69 Å². The standard InChI is InChI=1S/C28H24IN/c1-21-7-3-5-9-27(21)30(28-10-6-4-8-22(28)2)26-19-15-24(16-20-26)12-11-23-13-17-25(29)18-14-23/h3-20H,1-2H3. The van der Waals surface area contributed by atoms with E-state index in [-0.39, 0.29) is 0 Å². The lowest BCUT2D eigenvalue weighted by Crippen LogP contribution is -2.12. The maximum Gasteiger partial charge on any atom is 0.0490 e. The van der Waals surface area contributed by atoms with E-state index >= 15 is 0 Å². The summed E-state index contributed by atoms with van der Waals surface area (Å²) >= 11 is 2.33. The number of benzene rings is 4. The average molecular weight is 501 g/mol. The molecule has 4 aromatic rings. The molecule has 4 aromatic carbocycles. The summed E-state index contributed by atoms with van der Waals surface area (Å²) in [5.74, 6) is 0. The Morgan fingerprint density at radius 2 is 1.00 bits per heavy atom. The van der Waals surface area contributed by atoms with Crippen molar-refractivity contribution in [3.05, 3.63) is 123 Å². The van der Waals surface area contributed by atoms with Crippen molar-refractivity contribution in [2.24, 2.45) is 0 Å². The molecule has 0 saturated carbocycles. The van der Waals surface area contributed by atoms with Crippen LogP contribution in [0.5, 0.6) is 0 Å². The quantitative estimate of drug-likeness (QED) is 0.196. The normalized spacial score (nSPS) is 11.0. The number of hydrogen-bond donors (Lipinski definition) is 0. The Labute approximate surface area is 192 Å². The van der Waals surface area contributed by atoms with Crippen LogP contribution < -0.4 is 4.90 Å². The molecule has 0 radical (unpaired) electrons. The second-order valence-electron chi connectivity index (χ2n) is 7.38. The monoisotopic (exact) mass is 501 g/mol. The summed E-state index contributed by atoms with van der Waals surface area (Å²) in [6.07, 6.45) is 4.32. The first-order valence-electron chi connectivity index (χ1n) is 10.1. The van der Waals surface area contributed by atoms with E-state index in [2.05, 4.69) is 151 Å². The third-order valence-corrected chi connectivity index (χ3v) is 5.92. The fourth-order valence-electron chi connectivity index (χ4n) is 3.54. The zero-order valence-electron chi connectivity index (χ0n) is 17.2. The first-order valence-corrected chi connectivity index (χ1v) is 11.1. The van der Waals surface area contributed by atoms with Crippen LogP contribution in [0.25, 0.3) is 12.2 Å². The molecule has 0 spiro atoms. The fourth-order valence-corrected chi connectivity index (χ4v) is 3.90. The predicted molar refractivity (Wildman–Crippen MR) is 139 cm³/mol. The van der Waals surface area contributed by atoms with Crippen molar-refractivity contribution >= 4 is 51.8 Å². The molecule has 30 heavy (non-hydrogen) atoms. The molecular weight excluding hydrogens is 477 g/mol. The van der Waals surface area contributed by atoms with Crippen molar-refractivity contribution in [2.45, 2.75) is 13.8 Å². The molecule has 0 aliphatic heterocycles. The molecule has 0 aliphatic carbocycles. The molecule has 0 atom stereocenters. The van der Waals surface area contributed by atoms with Gasteiger partial charge in [-0.1, -0.05) is 72.8 Å². The molecule has 1 nitrogen and oxygen atoms in total. The molecule has 2 heteroatoms. The van der Waals surface area contributed by atoms with Crippen LogP contribution in [0.1, 0.15) is 22.3 Å². The molecule has 0 N–H and O–H groups in total. The highest BCUT2D eigenvalue weighted by molar-refractivity contribution is 14.1. The van der Waals surface area contributed by atoms with Crippen molar-refractivity contribution in [1.29, 1.82) is 0 Å². The van der Waals surface area contributed by atoms with Crippen LogP contribution in [-0.2, 0) is 0 Å². The summed E-state index contributed by atoms with van der Waals surface area (Å²) in [7, 11) is 0. The van der Waals surface area contributed by atoms with E-state index in [0.29, 0.717) is 0 Å². The molecule has 0 aromatic heterocycles. The summed E-state index contributed by atoms with van der Waals surface area (Å²) in [5, 5.41) is 0. The number of nitrogens with zero attached hydrogens (tertiary/aromatic N) is 1. The molecule has 0 fully saturated rings. The van der Waals surface area contributed by atoms with Crippen LogP contribution in [0, 0.1) is 17.4 Å². The molecule has 0 bridgehead atoms. The minimum Gasteiger partial charge on any atom is -0.310 e. The number of hydrogen-bond acceptors (Lipinski definition) is 1. The van der Waals surface area contributed by atoms with E-state index in [1.807, 2.05) is 0 Å². The largest absolute Gasteiger partial charge is 0.310 e. The lowest BCUT2D eigenvalue weighted by atomic mass is 10.1. The van der Waals surface area contributed by atoms with Gasteiger partial charge in [-0.3, -0.25) is 0 Å². The van der Waals surface area contributed by atoms with E-state index in [4.69, 9.17) is 0 Å². The first-order chi connectivity index (χ1) is 14.6. The van der Waals surface area contributed by atoms with Crippen LogP contribution in [-0.4, -0.2) is 0 Å². The predicted octanol–water partition coefficient (Wildman–Crippen LogP) is 8.55. The van der Waals surface area contributed by atoms with Gasteiger partial charge in [0.05, 0.1) is 0 Å². The van der Waals surface area contributed by atoms with Gasteiger partial charge in [0.15, 0.2) is 0 Å². The smallest absolute Gasteiger partial charge is 0.0490 e. The van der Waals surface area contributed by atoms with Gasteiger partial charge >= 0.3 is 0 Å². The Hall–Kier alpha value is -2.85. The Bertz CT molecular complexity index is 1110. The maximum absolute atomic E-state index is 2.34. The summed E-state index contributed by atoms with van der Waals surface area (Å²) < 4.78 is 1.25. The number of halogens is 1. The SMILES string of the molecule is Cc1ccccc1N(c1ccc(C=Cc2ccc(I)cc2)cc1)c1ccccc1C. The highest BCUT2D eigenvalue weighted by Gasteiger charge is 2.15. The van der Waals surface area contributed by atoms with Gasteiger partial charge in [-0.25, -0.2) is 0 Å². The number of aryl methyl sites for hydroxylation is 2. The zero-order valence-corrected chi connectivity index (χ0v) is 19.4. The van der Waals surface area contributed by atoms with Crippen molar-refractivity contribution in [2.75, 3.05) is 4.90 Å². The molecule has 148 valence electrons. The molecule has 0 saturated heterocycles. The van der Waals surface area contributed by atoms with Crippen molar-refractivity contribution in [1.82, 2.24) is 0 Å². The van der Waals surface area contributed by atoms with E-state index < -0.39 is 0 Å².